The number of hydrogen-bond donors (Lipinski definition) is 0. The summed E-state index contributed by atoms with van der Waals surface area (Å²) in [5, 5.41) is 14.2. The minimum absolute atomic E-state index is 0.0983. The second-order valence-electron chi connectivity index (χ2n) is 5.66. The highest BCUT2D eigenvalue weighted by Gasteiger charge is 2.36. The molecule has 0 unspecified atom stereocenters. The number of hydrogen-bond acceptors (Lipinski definition) is 3. The Morgan fingerprint density at radius 3 is 2.40 bits per heavy atom. The van der Waals surface area contributed by atoms with E-state index in [1.165, 1.54) is 0 Å². The van der Waals surface area contributed by atoms with Crippen molar-refractivity contribution in [3.63, 3.8) is 0 Å². The number of rotatable bonds is 2. The molecule has 0 bridgehead atoms. The zero-order valence-electron chi connectivity index (χ0n) is 12.8. The van der Waals surface area contributed by atoms with Crippen LogP contribution in [0, 0.1) is 10.1 Å². The van der Waals surface area contributed by atoms with E-state index in [0.717, 1.165) is 10.8 Å². The Morgan fingerprint density at radius 2 is 1.68 bits per heavy atom. The Bertz CT molecular complexity index is 1030. The van der Waals surface area contributed by atoms with E-state index in [9.17, 15) is 10.1 Å². The van der Waals surface area contributed by atoms with Crippen molar-refractivity contribution in [2.45, 2.75) is 6.10 Å². The van der Waals surface area contributed by atoms with E-state index in [0.29, 0.717) is 26.9 Å². The maximum absolute atomic E-state index is 11.7. The Kier molecular flexibility index (Phi) is 3.86. The highest BCUT2D eigenvalue weighted by atomic mass is 35.5. The van der Waals surface area contributed by atoms with Crippen molar-refractivity contribution in [3.05, 3.63) is 91.6 Å². The van der Waals surface area contributed by atoms with Gasteiger partial charge in [0.05, 0.1) is 4.92 Å². The smallest absolute Gasteiger partial charge is 0.291 e. The standard InChI is InChI=1S/C19H11Cl2NO3/c20-14-6-3-7-15(21)18(14)19-16(22(23)24)10-13-12-5-2-1-4-11(12)8-9-17(13)25-19/h1-10,19H/t19-/m1/s1. The molecule has 0 amide bonds. The molecule has 1 heterocycles. The third-order valence-electron chi connectivity index (χ3n) is 4.21. The number of ether oxygens (including phenoxy) is 1. The molecule has 0 fully saturated rings. The molecule has 0 aliphatic carbocycles. The van der Waals surface area contributed by atoms with Crippen molar-refractivity contribution in [2.75, 3.05) is 0 Å². The summed E-state index contributed by atoms with van der Waals surface area (Å²) in [5.41, 5.74) is 0.982. The predicted molar refractivity (Wildman–Crippen MR) is 98.8 cm³/mol. The molecule has 3 aromatic carbocycles. The lowest BCUT2D eigenvalue weighted by molar-refractivity contribution is -0.434. The quantitative estimate of drug-likeness (QED) is 0.416. The van der Waals surface area contributed by atoms with Crippen LogP contribution in [-0.2, 0) is 0 Å². The molecule has 4 nitrogen and oxygen atoms in total. The van der Waals surface area contributed by atoms with Crippen molar-refractivity contribution in [3.8, 4) is 5.75 Å². The average molecular weight is 372 g/mol. The minimum atomic E-state index is -0.968. The number of fused-ring (bicyclic) bond motifs is 3. The minimum Gasteiger partial charge on any atom is -0.474 e. The van der Waals surface area contributed by atoms with Gasteiger partial charge in [-0.3, -0.25) is 10.1 Å². The van der Waals surface area contributed by atoms with Gasteiger partial charge in [0, 0.05) is 27.2 Å². The van der Waals surface area contributed by atoms with Crippen LogP contribution in [0.2, 0.25) is 10.0 Å². The van der Waals surface area contributed by atoms with Crippen molar-refractivity contribution in [1.29, 1.82) is 0 Å². The summed E-state index contributed by atoms with van der Waals surface area (Å²) in [6.07, 6.45) is 0.579. The lowest BCUT2D eigenvalue weighted by Crippen LogP contribution is -2.20. The Hall–Kier alpha value is -2.56. The molecule has 0 radical (unpaired) electrons. The van der Waals surface area contributed by atoms with Crippen LogP contribution >= 0.6 is 23.2 Å². The maximum Gasteiger partial charge on any atom is 0.291 e. The van der Waals surface area contributed by atoms with Gasteiger partial charge in [-0.1, -0.05) is 59.6 Å². The average Bonchev–Trinajstić information content (AvgIpc) is 2.60. The summed E-state index contributed by atoms with van der Waals surface area (Å²) in [7, 11) is 0. The van der Waals surface area contributed by atoms with Crippen LogP contribution in [0.3, 0.4) is 0 Å². The van der Waals surface area contributed by atoms with Crippen LogP contribution in [0.15, 0.2) is 60.3 Å². The summed E-state index contributed by atoms with van der Waals surface area (Å²) in [6.45, 7) is 0. The van der Waals surface area contributed by atoms with E-state index in [-0.39, 0.29) is 5.70 Å². The molecule has 1 atom stereocenters. The topological polar surface area (TPSA) is 52.4 Å². The first kappa shape index (κ1) is 15.9. The Balaban J connectivity index is 1.96. The lowest BCUT2D eigenvalue weighted by atomic mass is 9.97. The second kappa shape index (κ2) is 6.06. The molecule has 1 aliphatic rings. The summed E-state index contributed by atoms with van der Waals surface area (Å²) < 4.78 is 5.98. The zero-order chi connectivity index (χ0) is 17.6. The molecule has 0 saturated carbocycles. The van der Waals surface area contributed by atoms with Crippen LogP contribution in [0.1, 0.15) is 17.2 Å². The number of nitrogens with zero attached hydrogens (tertiary/aromatic N) is 1. The third-order valence-corrected chi connectivity index (χ3v) is 4.87. The van der Waals surface area contributed by atoms with Gasteiger partial charge in [-0.25, -0.2) is 0 Å². The first-order chi connectivity index (χ1) is 12.1. The van der Waals surface area contributed by atoms with Crippen molar-refractivity contribution >= 4 is 40.1 Å². The van der Waals surface area contributed by atoms with Crippen molar-refractivity contribution < 1.29 is 9.66 Å². The van der Waals surface area contributed by atoms with Crippen LogP contribution in [-0.4, -0.2) is 4.92 Å². The van der Waals surface area contributed by atoms with Crippen LogP contribution in [0.25, 0.3) is 16.8 Å². The summed E-state index contributed by atoms with van der Waals surface area (Å²) >= 11 is 12.5. The zero-order valence-corrected chi connectivity index (χ0v) is 14.3. The second-order valence-corrected chi connectivity index (χ2v) is 6.47. The Labute approximate surface area is 153 Å². The summed E-state index contributed by atoms with van der Waals surface area (Å²) in [5.74, 6) is 0.560. The fraction of sp³-hybridized carbons (Fsp3) is 0.0526. The van der Waals surface area contributed by atoms with Gasteiger partial charge in [0.1, 0.15) is 5.75 Å². The van der Waals surface area contributed by atoms with Crippen LogP contribution < -0.4 is 4.74 Å². The first-order valence-electron chi connectivity index (χ1n) is 7.54. The van der Waals surface area contributed by atoms with Gasteiger partial charge in [-0.2, -0.15) is 0 Å². The SMILES string of the molecule is O=[N+]([O-])C1=Cc2c(ccc3ccccc23)O[C@H]1c1c(Cl)cccc1Cl. The normalized spacial score (nSPS) is 16.1. The van der Waals surface area contributed by atoms with E-state index in [1.54, 1.807) is 24.3 Å². The molecule has 1 aliphatic heterocycles. The molecule has 124 valence electrons. The van der Waals surface area contributed by atoms with Crippen molar-refractivity contribution in [1.82, 2.24) is 0 Å². The van der Waals surface area contributed by atoms with E-state index in [1.807, 2.05) is 36.4 Å². The van der Waals surface area contributed by atoms with Gasteiger partial charge in [-0.15, -0.1) is 0 Å². The van der Waals surface area contributed by atoms with Gasteiger partial charge >= 0.3 is 0 Å². The lowest BCUT2D eigenvalue weighted by Gasteiger charge is -2.24. The highest BCUT2D eigenvalue weighted by molar-refractivity contribution is 6.36. The van der Waals surface area contributed by atoms with Crippen LogP contribution in [0.4, 0.5) is 0 Å². The van der Waals surface area contributed by atoms with Gasteiger partial charge < -0.3 is 4.74 Å². The van der Waals surface area contributed by atoms with Crippen molar-refractivity contribution in [2.24, 2.45) is 0 Å². The fourth-order valence-corrected chi connectivity index (χ4v) is 3.65. The maximum atomic E-state index is 11.7. The predicted octanol–water partition coefficient (Wildman–Crippen LogP) is 5.90. The molecular formula is C19H11Cl2NO3. The van der Waals surface area contributed by atoms with Gasteiger partial charge in [0.25, 0.3) is 5.70 Å². The summed E-state index contributed by atoms with van der Waals surface area (Å²) in [6, 6.07) is 16.4. The molecule has 4 rings (SSSR count). The summed E-state index contributed by atoms with van der Waals surface area (Å²) in [4.78, 5) is 11.2. The molecule has 0 N–H and O–H groups in total. The highest BCUT2D eigenvalue weighted by Crippen LogP contribution is 2.44. The van der Waals surface area contributed by atoms with Crippen LogP contribution in [0.5, 0.6) is 5.75 Å². The number of benzene rings is 3. The van der Waals surface area contributed by atoms with Gasteiger partial charge in [0.2, 0.25) is 6.10 Å². The monoisotopic (exact) mass is 371 g/mol. The largest absolute Gasteiger partial charge is 0.474 e. The molecule has 0 spiro atoms. The van der Waals surface area contributed by atoms with E-state index < -0.39 is 11.0 Å². The number of halogens is 2. The fourth-order valence-electron chi connectivity index (χ4n) is 3.05. The molecular weight excluding hydrogens is 361 g/mol. The van der Waals surface area contributed by atoms with E-state index in [4.69, 9.17) is 27.9 Å². The Morgan fingerprint density at radius 1 is 0.960 bits per heavy atom. The first-order valence-corrected chi connectivity index (χ1v) is 8.30. The molecule has 0 saturated heterocycles. The third kappa shape index (κ3) is 2.64. The molecule has 0 aromatic heterocycles. The number of nitro groups is 1. The van der Waals surface area contributed by atoms with Gasteiger partial charge in [0.15, 0.2) is 0 Å². The molecule has 6 heteroatoms. The molecule has 3 aromatic rings. The molecule has 25 heavy (non-hydrogen) atoms. The van der Waals surface area contributed by atoms with E-state index in [2.05, 4.69) is 0 Å². The van der Waals surface area contributed by atoms with E-state index >= 15 is 0 Å². The van der Waals surface area contributed by atoms with Gasteiger partial charge in [-0.05, 0) is 29.0 Å².